The van der Waals surface area contributed by atoms with Crippen molar-refractivity contribution in [2.24, 2.45) is 0 Å². The number of aromatic nitrogens is 1. The first-order valence-corrected chi connectivity index (χ1v) is 17.5. The molecular formula is C43H38N2S2. The van der Waals surface area contributed by atoms with Crippen LogP contribution in [0.25, 0.3) is 45.4 Å². The first-order valence-electron chi connectivity index (χ1n) is 15.7. The van der Waals surface area contributed by atoms with Gasteiger partial charge in [-0.2, -0.15) is 12.6 Å². The first-order chi connectivity index (χ1) is 23.2. The van der Waals surface area contributed by atoms with Crippen molar-refractivity contribution in [2.75, 3.05) is 6.26 Å². The molecule has 47 heavy (non-hydrogen) atoms. The molecule has 0 aliphatic carbocycles. The zero-order valence-corrected chi connectivity index (χ0v) is 28.4. The monoisotopic (exact) mass is 646 g/mol. The number of benzene rings is 5. The van der Waals surface area contributed by atoms with Crippen molar-refractivity contribution in [2.45, 2.75) is 22.8 Å². The second-order valence-electron chi connectivity index (χ2n) is 11.0. The Balaban J connectivity index is 0.00000190. The lowest BCUT2D eigenvalue weighted by atomic mass is 9.95. The van der Waals surface area contributed by atoms with E-state index in [4.69, 9.17) is 0 Å². The molecule has 0 spiro atoms. The Bertz CT molecular complexity index is 2070. The van der Waals surface area contributed by atoms with E-state index in [1.165, 1.54) is 54.2 Å². The van der Waals surface area contributed by atoms with Crippen molar-refractivity contribution in [1.82, 2.24) is 9.88 Å². The lowest BCUT2D eigenvalue weighted by Crippen LogP contribution is -2.16. The molecule has 2 nitrogen and oxygen atoms in total. The predicted octanol–water partition coefficient (Wildman–Crippen LogP) is 11.9. The van der Waals surface area contributed by atoms with Gasteiger partial charge in [-0.3, -0.25) is 0 Å². The predicted molar refractivity (Wildman–Crippen MR) is 208 cm³/mol. The average Bonchev–Trinajstić information content (AvgIpc) is 3.45. The van der Waals surface area contributed by atoms with Crippen LogP contribution < -0.4 is 5.32 Å². The number of hydrogen-bond acceptors (Lipinski definition) is 3. The number of hydrogen-bond donors (Lipinski definition) is 2. The minimum Gasteiger partial charge on any atom is -0.381 e. The van der Waals surface area contributed by atoms with Crippen LogP contribution in [0.2, 0.25) is 0 Å². The molecular weight excluding hydrogens is 609 g/mol. The SMILES string of the molecule is C=Cc1ccccc1Sc1c(/C=C\C)n(-c2ccccc2)c2cc(-c3ccc(C4C=C(c5ccccc5)C=CN4)cc3)ccc12.CS. The van der Waals surface area contributed by atoms with Crippen LogP contribution in [-0.2, 0) is 0 Å². The zero-order valence-electron chi connectivity index (χ0n) is 26.7. The Kier molecular flexibility index (Phi) is 10.3. The summed E-state index contributed by atoms with van der Waals surface area (Å²) in [6.45, 7) is 6.15. The molecule has 0 bridgehead atoms. The van der Waals surface area contributed by atoms with Crippen LogP contribution in [0.1, 0.15) is 35.3 Å². The van der Waals surface area contributed by atoms with Crippen LogP contribution in [0.4, 0.5) is 0 Å². The van der Waals surface area contributed by atoms with Crippen LogP contribution in [0.5, 0.6) is 0 Å². The number of para-hydroxylation sites is 1. The van der Waals surface area contributed by atoms with Gasteiger partial charge in [-0.1, -0.05) is 134 Å². The molecule has 232 valence electrons. The highest BCUT2D eigenvalue weighted by Gasteiger charge is 2.20. The molecule has 0 saturated carbocycles. The Morgan fingerprint density at radius 3 is 2.17 bits per heavy atom. The molecule has 1 atom stereocenters. The Labute approximate surface area is 288 Å². The maximum atomic E-state index is 4.06. The van der Waals surface area contributed by atoms with Gasteiger partial charge < -0.3 is 9.88 Å². The van der Waals surface area contributed by atoms with E-state index in [-0.39, 0.29) is 6.04 Å². The fourth-order valence-corrected chi connectivity index (χ4v) is 7.19. The molecule has 1 N–H and O–H groups in total. The van der Waals surface area contributed by atoms with Gasteiger partial charge in [0.25, 0.3) is 0 Å². The molecule has 0 amide bonds. The summed E-state index contributed by atoms with van der Waals surface area (Å²) in [6, 6.07) is 45.6. The van der Waals surface area contributed by atoms with E-state index in [0.29, 0.717) is 0 Å². The van der Waals surface area contributed by atoms with Crippen LogP contribution >= 0.6 is 24.4 Å². The Morgan fingerprint density at radius 2 is 1.45 bits per heavy atom. The van der Waals surface area contributed by atoms with Crippen molar-refractivity contribution in [3.05, 3.63) is 181 Å². The summed E-state index contributed by atoms with van der Waals surface area (Å²) in [4.78, 5) is 2.43. The maximum absolute atomic E-state index is 4.06. The molecule has 1 aliphatic rings. The van der Waals surface area contributed by atoms with Gasteiger partial charge in [-0.15, -0.1) is 0 Å². The normalized spacial score (nSPS) is 13.9. The van der Waals surface area contributed by atoms with Gasteiger partial charge in [0.2, 0.25) is 0 Å². The standard InChI is InChI=1S/C42H34N2S.CH4S/c1-3-13-39-42(45-41-19-12-11-14-30(41)4-2)37-25-24-34(29-40(37)44(39)36-17-9-6-10-18-36)32-20-22-33(23-21-32)38-28-35(26-27-43-38)31-15-7-5-8-16-31;1-2/h3-29,38,43H,2H2,1H3;2H,1H3/b13-3-;. The van der Waals surface area contributed by atoms with E-state index in [2.05, 4.69) is 194 Å². The lowest BCUT2D eigenvalue weighted by Gasteiger charge is -2.20. The highest BCUT2D eigenvalue weighted by molar-refractivity contribution is 7.99. The fourth-order valence-electron chi connectivity index (χ4n) is 6.00. The molecule has 1 aliphatic heterocycles. The van der Waals surface area contributed by atoms with Crippen LogP contribution in [0, 0.1) is 0 Å². The number of nitrogens with one attached hydrogen (secondary N) is 1. The van der Waals surface area contributed by atoms with E-state index in [1.807, 2.05) is 17.8 Å². The van der Waals surface area contributed by atoms with Crippen LogP contribution in [-0.4, -0.2) is 10.8 Å². The molecule has 0 fully saturated rings. The summed E-state index contributed by atoms with van der Waals surface area (Å²) in [7, 11) is 0. The summed E-state index contributed by atoms with van der Waals surface area (Å²) in [5.74, 6) is 0. The van der Waals surface area contributed by atoms with Gasteiger partial charge in [0, 0.05) is 20.9 Å². The molecule has 5 aromatic carbocycles. The third-order valence-electron chi connectivity index (χ3n) is 8.24. The molecule has 2 heterocycles. The molecule has 7 rings (SSSR count). The van der Waals surface area contributed by atoms with Gasteiger partial charge in [0.15, 0.2) is 0 Å². The van der Waals surface area contributed by atoms with E-state index in [1.54, 1.807) is 6.26 Å². The van der Waals surface area contributed by atoms with Gasteiger partial charge in [0.1, 0.15) is 0 Å². The lowest BCUT2D eigenvalue weighted by molar-refractivity contribution is 0.749. The largest absolute Gasteiger partial charge is 0.381 e. The van der Waals surface area contributed by atoms with Crippen LogP contribution in [0.15, 0.2) is 168 Å². The third kappa shape index (κ3) is 6.80. The number of rotatable bonds is 8. The zero-order chi connectivity index (χ0) is 32.6. The highest BCUT2D eigenvalue weighted by atomic mass is 32.2. The van der Waals surface area contributed by atoms with Gasteiger partial charge in [-0.25, -0.2) is 0 Å². The summed E-state index contributed by atoms with van der Waals surface area (Å²) >= 11 is 5.33. The van der Waals surface area contributed by atoms with Crippen molar-refractivity contribution >= 4 is 53.0 Å². The molecule has 4 heteroatoms. The maximum Gasteiger partial charge on any atom is 0.0701 e. The second-order valence-corrected chi connectivity index (χ2v) is 12.1. The summed E-state index contributed by atoms with van der Waals surface area (Å²) < 4.78 is 2.39. The topological polar surface area (TPSA) is 17.0 Å². The van der Waals surface area contributed by atoms with Crippen molar-refractivity contribution in [3.63, 3.8) is 0 Å². The fraction of sp³-hybridized carbons (Fsp3) is 0.0698. The number of thiol groups is 1. The van der Waals surface area contributed by atoms with Gasteiger partial charge in [0.05, 0.1) is 17.3 Å². The van der Waals surface area contributed by atoms with Gasteiger partial charge >= 0.3 is 0 Å². The first kappa shape index (κ1) is 32.1. The van der Waals surface area contributed by atoms with E-state index in [0.717, 1.165) is 11.3 Å². The molecule has 0 saturated heterocycles. The number of fused-ring (bicyclic) bond motifs is 1. The number of dihydropyridines is 1. The van der Waals surface area contributed by atoms with Crippen molar-refractivity contribution < 1.29 is 0 Å². The summed E-state index contributed by atoms with van der Waals surface area (Å²) in [6.07, 6.45) is 14.5. The second kappa shape index (κ2) is 15.1. The number of nitrogens with zero attached hydrogens (tertiary/aromatic N) is 1. The van der Waals surface area contributed by atoms with E-state index >= 15 is 0 Å². The Hall–Kier alpha value is -4.90. The molecule has 1 unspecified atom stereocenters. The highest BCUT2D eigenvalue weighted by Crippen LogP contribution is 2.43. The van der Waals surface area contributed by atoms with Gasteiger partial charge in [-0.05, 0) is 95.3 Å². The molecule has 0 radical (unpaired) electrons. The minimum absolute atomic E-state index is 0.124. The third-order valence-corrected chi connectivity index (χ3v) is 9.47. The van der Waals surface area contributed by atoms with Crippen molar-refractivity contribution in [3.8, 4) is 16.8 Å². The average molecular weight is 647 g/mol. The molecule has 1 aromatic heterocycles. The Morgan fingerprint density at radius 1 is 0.766 bits per heavy atom. The summed E-state index contributed by atoms with van der Waals surface area (Å²) in [5.41, 5.74) is 10.7. The van der Waals surface area contributed by atoms with E-state index < -0.39 is 0 Å². The van der Waals surface area contributed by atoms with Crippen molar-refractivity contribution in [1.29, 1.82) is 0 Å². The smallest absolute Gasteiger partial charge is 0.0701 e. The molecule has 6 aromatic rings. The van der Waals surface area contributed by atoms with Crippen LogP contribution in [0.3, 0.4) is 0 Å². The summed E-state index contributed by atoms with van der Waals surface area (Å²) in [5, 5.41) is 4.75. The minimum atomic E-state index is 0.124. The number of allylic oxidation sites excluding steroid dienone is 3. The quantitative estimate of drug-likeness (QED) is 0.160. The van der Waals surface area contributed by atoms with E-state index in [9.17, 15) is 0 Å².